The van der Waals surface area contributed by atoms with Crippen LogP contribution >= 0.6 is 11.3 Å². The minimum Gasteiger partial charge on any atom is -0.485 e. The molecule has 0 radical (unpaired) electrons. The Hall–Kier alpha value is -6.94. The minimum absolute atomic E-state index is 0.0178. The Morgan fingerprint density at radius 2 is 1.18 bits per heavy atom. The molecule has 3 heteroatoms. The van der Waals surface area contributed by atoms with E-state index in [1.165, 1.54) is 86.0 Å². The van der Waals surface area contributed by atoms with Crippen molar-refractivity contribution in [3.63, 3.8) is 0 Å². The number of hydrogen-bond acceptors (Lipinski definition) is 3. The van der Waals surface area contributed by atoms with Crippen LogP contribution in [0.2, 0.25) is 0 Å². The third-order valence-corrected chi connectivity index (χ3v) is 13.2. The normalized spacial score (nSPS) is 15.9. The number of fused-ring (bicyclic) bond motifs is 10. The Morgan fingerprint density at radius 1 is 0.491 bits per heavy atom. The van der Waals surface area contributed by atoms with E-state index in [1.54, 1.807) is 0 Å². The largest absolute Gasteiger partial charge is 0.485 e. The van der Waals surface area contributed by atoms with Crippen LogP contribution in [0.15, 0.2) is 200 Å². The average molecular weight is 746 g/mol. The lowest BCUT2D eigenvalue weighted by Gasteiger charge is -2.29. The van der Waals surface area contributed by atoms with Gasteiger partial charge in [-0.3, -0.25) is 0 Å². The lowest BCUT2D eigenvalue weighted by atomic mass is 9.85. The van der Waals surface area contributed by atoms with Crippen molar-refractivity contribution in [3.8, 4) is 16.9 Å². The molecule has 2 nitrogen and oxygen atoms in total. The highest BCUT2D eigenvalue weighted by Crippen LogP contribution is 2.49. The monoisotopic (exact) mass is 745 g/mol. The maximum Gasteiger partial charge on any atom is 0.128 e. The van der Waals surface area contributed by atoms with E-state index < -0.39 is 0 Å². The number of benzene rings is 9. The maximum absolute atomic E-state index is 6.55. The van der Waals surface area contributed by atoms with Crippen LogP contribution in [0.5, 0.6) is 5.75 Å². The molecule has 1 aliphatic heterocycles. The summed E-state index contributed by atoms with van der Waals surface area (Å²) in [5, 5.41) is 10.1. The van der Waals surface area contributed by atoms with Gasteiger partial charge in [0.15, 0.2) is 0 Å². The number of hydrogen-bond donors (Lipinski definition) is 0. The van der Waals surface area contributed by atoms with Crippen molar-refractivity contribution in [1.29, 1.82) is 0 Å². The number of ether oxygens (including phenoxy) is 1. The highest BCUT2D eigenvalue weighted by atomic mass is 32.1. The zero-order valence-corrected chi connectivity index (χ0v) is 31.8. The van der Waals surface area contributed by atoms with E-state index in [0.29, 0.717) is 0 Å². The Labute approximate surface area is 334 Å². The summed E-state index contributed by atoms with van der Waals surface area (Å²) >= 11 is 1.87. The molecule has 1 aliphatic carbocycles. The lowest BCUT2D eigenvalue weighted by molar-refractivity contribution is 0.269. The van der Waals surface area contributed by atoms with Gasteiger partial charge in [-0.25, -0.2) is 0 Å². The molecule has 0 saturated carbocycles. The standard InChI is InChI=1S/C54H35NOS/c1-2-13-37-33-52-48(31-36(37)12-1)47-32-38(26-30-51(47)56-52)42-15-5-7-20-49(42)55(50-21-10-19-46-45-16-6-8-22-53(45)57-54(46)50)39-27-23-35(24-28-39)41-17-9-18-43-40-14-4-3-11-34(40)25-29-44(41)43/h1-33,47,51H. The molecule has 2 heterocycles. The van der Waals surface area contributed by atoms with Crippen LogP contribution in [0, 0.1) is 0 Å². The molecule has 0 spiro atoms. The average Bonchev–Trinajstić information content (AvgIpc) is 3.84. The molecule has 1 aromatic heterocycles. The first-order valence-corrected chi connectivity index (χ1v) is 20.5. The van der Waals surface area contributed by atoms with Gasteiger partial charge < -0.3 is 9.64 Å². The fourth-order valence-electron chi connectivity index (χ4n) is 9.28. The smallest absolute Gasteiger partial charge is 0.128 e. The zero-order chi connectivity index (χ0) is 37.5. The molecule has 9 aromatic carbocycles. The van der Waals surface area contributed by atoms with E-state index in [1.807, 2.05) is 11.3 Å². The molecule has 2 aliphatic rings. The Morgan fingerprint density at radius 3 is 2.07 bits per heavy atom. The molecule has 2 atom stereocenters. The molecule has 0 fully saturated rings. The van der Waals surface area contributed by atoms with Crippen LogP contribution in [0.3, 0.4) is 0 Å². The second-order valence-corrected chi connectivity index (χ2v) is 16.2. The first kappa shape index (κ1) is 32.3. The summed E-state index contributed by atoms with van der Waals surface area (Å²) in [5.74, 6) is 1.12. The number of rotatable bonds is 5. The SMILES string of the molecule is C1=CC2Oc3cc4ccccc4cc3C2C=C1c1ccccc1N(c1ccc(-c2cccc3c2ccc2ccccc23)cc1)c1cccc2c1sc1ccccc12. The summed E-state index contributed by atoms with van der Waals surface area (Å²) in [5.41, 5.74) is 9.49. The first-order valence-electron chi connectivity index (χ1n) is 19.7. The predicted molar refractivity (Wildman–Crippen MR) is 243 cm³/mol. The third-order valence-electron chi connectivity index (χ3n) is 12.0. The predicted octanol–water partition coefficient (Wildman–Crippen LogP) is 15.1. The molecule has 0 saturated heterocycles. The van der Waals surface area contributed by atoms with Crippen LogP contribution < -0.4 is 9.64 Å². The summed E-state index contributed by atoms with van der Waals surface area (Å²) in [6.07, 6.45) is 6.92. The molecule has 2 unspecified atom stereocenters. The number of allylic oxidation sites excluding steroid dienone is 2. The third kappa shape index (κ3) is 5.16. The molecular formula is C54H35NOS. The van der Waals surface area contributed by atoms with Crippen molar-refractivity contribution < 1.29 is 4.74 Å². The van der Waals surface area contributed by atoms with E-state index in [9.17, 15) is 0 Å². The highest BCUT2D eigenvalue weighted by Gasteiger charge is 2.34. The van der Waals surface area contributed by atoms with Crippen molar-refractivity contribution in [2.75, 3.05) is 4.90 Å². The highest BCUT2D eigenvalue weighted by molar-refractivity contribution is 7.26. The number of para-hydroxylation sites is 1. The lowest BCUT2D eigenvalue weighted by Crippen LogP contribution is -2.18. The van der Waals surface area contributed by atoms with Gasteiger partial charge in [-0.05, 0) is 97.6 Å². The van der Waals surface area contributed by atoms with Crippen LogP contribution in [0.25, 0.3) is 69.2 Å². The van der Waals surface area contributed by atoms with Crippen molar-refractivity contribution in [2.24, 2.45) is 0 Å². The molecule has 12 rings (SSSR count). The minimum atomic E-state index is -0.0178. The summed E-state index contributed by atoms with van der Waals surface area (Å²) in [6, 6.07) is 66.6. The second kappa shape index (κ2) is 12.8. The Bertz CT molecular complexity index is 3300. The molecule has 0 bridgehead atoms. The summed E-state index contributed by atoms with van der Waals surface area (Å²) < 4.78 is 9.12. The molecule has 0 amide bonds. The van der Waals surface area contributed by atoms with Crippen molar-refractivity contribution in [3.05, 3.63) is 211 Å². The van der Waals surface area contributed by atoms with Gasteiger partial charge in [0.1, 0.15) is 11.9 Å². The van der Waals surface area contributed by atoms with E-state index in [-0.39, 0.29) is 12.0 Å². The zero-order valence-electron chi connectivity index (χ0n) is 31.0. The summed E-state index contributed by atoms with van der Waals surface area (Å²) in [7, 11) is 0. The van der Waals surface area contributed by atoms with Gasteiger partial charge in [-0.15, -0.1) is 11.3 Å². The quantitative estimate of drug-likeness (QED) is 0.163. The number of nitrogens with zero attached hydrogens (tertiary/aromatic N) is 1. The number of thiophene rings is 1. The van der Waals surface area contributed by atoms with Gasteiger partial charge in [-0.2, -0.15) is 0 Å². The van der Waals surface area contributed by atoms with Gasteiger partial charge in [0.25, 0.3) is 0 Å². The van der Waals surface area contributed by atoms with Gasteiger partial charge >= 0.3 is 0 Å². The molecule has 57 heavy (non-hydrogen) atoms. The molecule has 10 aromatic rings. The second-order valence-electron chi connectivity index (χ2n) is 15.2. The maximum atomic E-state index is 6.55. The molecule has 0 N–H and O–H groups in total. The molecule has 268 valence electrons. The van der Waals surface area contributed by atoms with Crippen molar-refractivity contribution in [1.82, 2.24) is 0 Å². The number of anilines is 3. The Balaban J connectivity index is 1.02. The van der Waals surface area contributed by atoms with Crippen LogP contribution in [-0.2, 0) is 0 Å². The molecular weight excluding hydrogens is 711 g/mol. The van der Waals surface area contributed by atoms with Gasteiger partial charge in [0.05, 0.1) is 16.1 Å². The van der Waals surface area contributed by atoms with E-state index in [0.717, 1.165) is 17.1 Å². The van der Waals surface area contributed by atoms with Crippen LogP contribution in [0.4, 0.5) is 17.1 Å². The van der Waals surface area contributed by atoms with E-state index >= 15 is 0 Å². The Kier molecular flexibility index (Phi) is 7.26. The van der Waals surface area contributed by atoms with Crippen molar-refractivity contribution >= 4 is 86.5 Å². The first-order chi connectivity index (χ1) is 28.2. The van der Waals surface area contributed by atoms with Crippen LogP contribution in [0.1, 0.15) is 17.0 Å². The van der Waals surface area contributed by atoms with Gasteiger partial charge in [-0.1, -0.05) is 152 Å². The topological polar surface area (TPSA) is 12.5 Å². The summed E-state index contributed by atoms with van der Waals surface area (Å²) in [4.78, 5) is 2.47. The van der Waals surface area contributed by atoms with E-state index in [4.69, 9.17) is 4.74 Å². The van der Waals surface area contributed by atoms with Crippen molar-refractivity contribution in [2.45, 2.75) is 12.0 Å². The van der Waals surface area contributed by atoms with E-state index in [2.05, 4.69) is 205 Å². The van der Waals surface area contributed by atoms with Gasteiger partial charge in [0.2, 0.25) is 0 Å². The fraction of sp³-hybridized carbons (Fsp3) is 0.0370. The van der Waals surface area contributed by atoms with Gasteiger partial charge in [0, 0.05) is 38.2 Å². The summed E-state index contributed by atoms with van der Waals surface area (Å²) in [6.45, 7) is 0. The fourth-order valence-corrected chi connectivity index (χ4v) is 10.5. The van der Waals surface area contributed by atoms with Crippen LogP contribution in [-0.4, -0.2) is 6.10 Å².